The van der Waals surface area contributed by atoms with Crippen LogP contribution in [0.15, 0.2) is 52.3 Å². The van der Waals surface area contributed by atoms with E-state index >= 15 is 0 Å². The van der Waals surface area contributed by atoms with Crippen LogP contribution >= 0.6 is 11.6 Å². The lowest BCUT2D eigenvalue weighted by molar-refractivity contribution is 0.0600. The largest absolute Gasteiger partial charge is 0.465 e. The van der Waals surface area contributed by atoms with E-state index in [0.29, 0.717) is 0 Å². The van der Waals surface area contributed by atoms with E-state index in [9.17, 15) is 21.6 Å². The number of carbonyl (C=O) groups is 1. The van der Waals surface area contributed by atoms with E-state index in [-0.39, 0.29) is 26.1 Å². The Morgan fingerprint density at radius 1 is 1.00 bits per heavy atom. The van der Waals surface area contributed by atoms with E-state index < -0.39 is 25.8 Å². The first-order chi connectivity index (χ1) is 11.5. The third kappa shape index (κ3) is 4.50. The lowest BCUT2D eigenvalue weighted by Gasteiger charge is -2.11. The number of sulfonamides is 1. The summed E-state index contributed by atoms with van der Waals surface area (Å²) in [7, 11) is -6.27. The topological polar surface area (TPSA) is 107 Å². The standard InChI is InChI=1S/C15H14ClNO6S2/c1-23-15(18)10-3-8-13(16)14(9-10)17-25(21,22)12-6-4-11(5-7-12)24(2,19)20/h3-9,17H,1-2H3. The molecule has 0 heterocycles. The van der Waals surface area contributed by atoms with Crippen molar-refractivity contribution < 1.29 is 26.4 Å². The van der Waals surface area contributed by atoms with Crippen LogP contribution in [-0.2, 0) is 24.6 Å². The van der Waals surface area contributed by atoms with E-state index in [1.165, 1.54) is 37.4 Å². The molecular formula is C15H14ClNO6S2. The summed E-state index contributed by atoms with van der Waals surface area (Å²) >= 11 is 5.96. The molecule has 0 aliphatic carbocycles. The van der Waals surface area contributed by atoms with Crippen LogP contribution in [0.25, 0.3) is 0 Å². The number of halogens is 1. The summed E-state index contributed by atoms with van der Waals surface area (Å²) < 4.78 is 54.6. The maximum atomic E-state index is 12.4. The fourth-order valence-electron chi connectivity index (χ4n) is 1.92. The normalized spacial score (nSPS) is 11.8. The van der Waals surface area contributed by atoms with Gasteiger partial charge < -0.3 is 4.74 Å². The Kier molecular flexibility index (Phi) is 5.40. The van der Waals surface area contributed by atoms with Crippen LogP contribution in [-0.4, -0.2) is 36.2 Å². The summed E-state index contributed by atoms with van der Waals surface area (Å²) in [5.74, 6) is -0.644. The van der Waals surface area contributed by atoms with Gasteiger partial charge >= 0.3 is 5.97 Å². The number of hydrogen-bond acceptors (Lipinski definition) is 6. The highest BCUT2D eigenvalue weighted by Crippen LogP contribution is 2.26. The van der Waals surface area contributed by atoms with Gasteiger partial charge in [0, 0.05) is 6.26 Å². The number of hydrogen-bond donors (Lipinski definition) is 1. The van der Waals surface area contributed by atoms with Crippen molar-refractivity contribution in [2.24, 2.45) is 0 Å². The maximum Gasteiger partial charge on any atom is 0.337 e. The first kappa shape index (κ1) is 19.2. The molecule has 0 aliphatic rings. The minimum absolute atomic E-state index is 0.00262. The Bertz CT molecular complexity index is 1010. The average molecular weight is 404 g/mol. The van der Waals surface area contributed by atoms with E-state index in [0.717, 1.165) is 18.4 Å². The van der Waals surface area contributed by atoms with Gasteiger partial charge in [0.1, 0.15) is 0 Å². The predicted molar refractivity (Wildman–Crippen MR) is 93.2 cm³/mol. The third-order valence-electron chi connectivity index (χ3n) is 3.19. The van der Waals surface area contributed by atoms with Crippen molar-refractivity contribution in [2.45, 2.75) is 9.79 Å². The van der Waals surface area contributed by atoms with Gasteiger partial charge in [0.25, 0.3) is 10.0 Å². The average Bonchev–Trinajstić information content (AvgIpc) is 2.55. The van der Waals surface area contributed by atoms with Crippen molar-refractivity contribution >= 4 is 43.1 Å². The molecule has 0 spiro atoms. The first-order valence-electron chi connectivity index (χ1n) is 6.75. The molecule has 0 unspecified atom stereocenters. The molecule has 0 fully saturated rings. The van der Waals surface area contributed by atoms with E-state index in [2.05, 4.69) is 9.46 Å². The van der Waals surface area contributed by atoms with Gasteiger partial charge in [0.2, 0.25) is 0 Å². The van der Waals surface area contributed by atoms with Crippen LogP contribution in [0.2, 0.25) is 5.02 Å². The highest BCUT2D eigenvalue weighted by Gasteiger charge is 2.18. The van der Waals surface area contributed by atoms with Crippen molar-refractivity contribution in [1.82, 2.24) is 0 Å². The SMILES string of the molecule is COC(=O)c1ccc(Cl)c(NS(=O)(=O)c2ccc(S(C)(=O)=O)cc2)c1. The monoisotopic (exact) mass is 403 g/mol. The molecule has 0 aromatic heterocycles. The zero-order valence-electron chi connectivity index (χ0n) is 13.2. The van der Waals surface area contributed by atoms with Gasteiger partial charge in [-0.3, -0.25) is 4.72 Å². The smallest absolute Gasteiger partial charge is 0.337 e. The minimum atomic E-state index is -4.03. The molecular weight excluding hydrogens is 390 g/mol. The lowest BCUT2D eigenvalue weighted by atomic mass is 10.2. The number of esters is 1. The van der Waals surface area contributed by atoms with Crippen LogP contribution < -0.4 is 4.72 Å². The molecule has 2 aromatic carbocycles. The van der Waals surface area contributed by atoms with Crippen molar-refractivity contribution in [2.75, 3.05) is 18.1 Å². The second kappa shape index (κ2) is 7.03. The Labute approximate surface area is 150 Å². The number of benzene rings is 2. The quantitative estimate of drug-likeness (QED) is 0.768. The van der Waals surface area contributed by atoms with Crippen molar-refractivity contribution in [3.05, 3.63) is 53.1 Å². The second-order valence-corrected chi connectivity index (χ2v) is 9.14. The molecule has 0 saturated carbocycles. The summed E-state index contributed by atoms with van der Waals surface area (Å²) in [6.07, 6.45) is 1.02. The molecule has 7 nitrogen and oxygen atoms in total. The Morgan fingerprint density at radius 3 is 2.08 bits per heavy atom. The molecule has 0 bridgehead atoms. The fourth-order valence-corrected chi connectivity index (χ4v) is 3.84. The fraction of sp³-hybridized carbons (Fsp3) is 0.133. The van der Waals surface area contributed by atoms with Crippen LogP contribution in [0.3, 0.4) is 0 Å². The van der Waals surface area contributed by atoms with Gasteiger partial charge in [-0.1, -0.05) is 11.6 Å². The predicted octanol–water partition coefficient (Wildman–Crippen LogP) is 2.33. The molecule has 0 aliphatic heterocycles. The highest BCUT2D eigenvalue weighted by molar-refractivity contribution is 7.92. The van der Waals surface area contributed by atoms with Crippen LogP contribution in [0.4, 0.5) is 5.69 Å². The summed E-state index contributed by atoms with van der Waals surface area (Å²) in [5.41, 5.74) is 0.119. The summed E-state index contributed by atoms with van der Waals surface area (Å²) in [5, 5.41) is 0.0870. The van der Waals surface area contributed by atoms with Gasteiger partial charge in [-0.25, -0.2) is 21.6 Å². The molecule has 0 atom stereocenters. The van der Waals surface area contributed by atoms with Crippen LogP contribution in [0.5, 0.6) is 0 Å². The number of nitrogens with one attached hydrogen (secondary N) is 1. The number of methoxy groups -OCH3 is 1. The van der Waals surface area contributed by atoms with Crippen molar-refractivity contribution in [1.29, 1.82) is 0 Å². The minimum Gasteiger partial charge on any atom is -0.465 e. The Morgan fingerprint density at radius 2 is 1.56 bits per heavy atom. The maximum absolute atomic E-state index is 12.4. The van der Waals surface area contributed by atoms with Gasteiger partial charge in [0.15, 0.2) is 9.84 Å². The molecule has 0 radical (unpaired) electrons. The summed E-state index contributed by atoms with van der Waals surface area (Å²) in [4.78, 5) is 11.4. The van der Waals surface area contributed by atoms with Crippen LogP contribution in [0, 0.1) is 0 Å². The molecule has 1 N–H and O–H groups in total. The second-order valence-electron chi connectivity index (χ2n) is 5.04. The van der Waals surface area contributed by atoms with Gasteiger partial charge in [0.05, 0.1) is 33.2 Å². The van der Waals surface area contributed by atoms with Gasteiger partial charge in [-0.2, -0.15) is 0 Å². The Hall–Kier alpha value is -2.10. The molecule has 25 heavy (non-hydrogen) atoms. The van der Waals surface area contributed by atoms with Gasteiger partial charge in [-0.15, -0.1) is 0 Å². The third-order valence-corrected chi connectivity index (χ3v) is 6.03. The Balaban J connectivity index is 2.37. The molecule has 10 heteroatoms. The molecule has 2 aromatic rings. The molecule has 0 amide bonds. The number of ether oxygens (including phenoxy) is 1. The van der Waals surface area contributed by atoms with Crippen LogP contribution in [0.1, 0.15) is 10.4 Å². The van der Waals surface area contributed by atoms with E-state index in [1.807, 2.05) is 0 Å². The van der Waals surface area contributed by atoms with Crippen molar-refractivity contribution in [3.63, 3.8) is 0 Å². The van der Waals surface area contributed by atoms with E-state index in [4.69, 9.17) is 11.6 Å². The molecule has 2 rings (SSSR count). The van der Waals surface area contributed by atoms with Gasteiger partial charge in [-0.05, 0) is 42.5 Å². The first-order valence-corrected chi connectivity index (χ1v) is 10.5. The number of anilines is 1. The summed E-state index contributed by atoms with van der Waals surface area (Å²) in [6.45, 7) is 0. The highest BCUT2D eigenvalue weighted by atomic mass is 35.5. The number of rotatable bonds is 5. The van der Waals surface area contributed by atoms with E-state index in [1.54, 1.807) is 0 Å². The summed E-state index contributed by atoms with van der Waals surface area (Å²) in [6, 6.07) is 8.71. The number of sulfone groups is 1. The zero-order chi connectivity index (χ0) is 18.8. The zero-order valence-corrected chi connectivity index (χ0v) is 15.6. The lowest BCUT2D eigenvalue weighted by Crippen LogP contribution is -2.14. The number of carbonyl (C=O) groups excluding carboxylic acids is 1. The van der Waals surface area contributed by atoms with Crippen molar-refractivity contribution in [3.8, 4) is 0 Å². The molecule has 0 saturated heterocycles. The molecule has 134 valence electrons.